The molecule has 14 heavy (non-hydrogen) atoms. The first kappa shape index (κ1) is 12.0. The number of benzene rings is 1. The van der Waals surface area contributed by atoms with Crippen molar-refractivity contribution in [1.82, 2.24) is 0 Å². The van der Waals surface area contributed by atoms with Crippen molar-refractivity contribution < 1.29 is 22.3 Å². The Balaban J connectivity index is 3.06. The van der Waals surface area contributed by atoms with E-state index in [-0.39, 0.29) is 3.57 Å². The van der Waals surface area contributed by atoms with Crippen LogP contribution in [0.15, 0.2) is 16.6 Å². The fourth-order valence-corrected chi connectivity index (χ4v) is 1.46. The van der Waals surface area contributed by atoms with Gasteiger partial charge in [0, 0.05) is 4.47 Å². The van der Waals surface area contributed by atoms with E-state index in [0.717, 1.165) is 6.07 Å². The molecule has 0 aliphatic carbocycles. The monoisotopic (exact) mass is 384 g/mol. The third-order valence-electron chi connectivity index (χ3n) is 1.23. The van der Waals surface area contributed by atoms with E-state index in [9.17, 15) is 17.6 Å². The summed E-state index contributed by atoms with van der Waals surface area (Å²) in [5, 5.41) is 0. The third-order valence-corrected chi connectivity index (χ3v) is 3.68. The first-order valence-electron chi connectivity index (χ1n) is 3.20. The highest BCUT2D eigenvalue weighted by atomic mass is 127. The highest BCUT2D eigenvalue weighted by Crippen LogP contribution is 2.31. The molecule has 0 aromatic heterocycles. The quantitative estimate of drug-likeness (QED) is 0.402. The molecule has 1 aromatic carbocycles. The van der Waals surface area contributed by atoms with Gasteiger partial charge in [0.2, 0.25) is 0 Å². The van der Waals surface area contributed by atoms with Crippen LogP contribution in [0.3, 0.4) is 0 Å². The Morgan fingerprint density at radius 1 is 1.29 bits per heavy atom. The molecule has 0 bridgehead atoms. The number of halogens is 6. The molecule has 78 valence electrons. The van der Waals surface area contributed by atoms with E-state index in [1.807, 2.05) is 0 Å². The number of rotatable bonds is 1. The topological polar surface area (TPSA) is 9.23 Å². The van der Waals surface area contributed by atoms with Gasteiger partial charge in [-0.15, -0.1) is 13.2 Å². The van der Waals surface area contributed by atoms with Gasteiger partial charge in [-0.05, 0) is 50.7 Å². The summed E-state index contributed by atoms with van der Waals surface area (Å²) in [7, 11) is 0. The van der Waals surface area contributed by atoms with Gasteiger partial charge in [-0.25, -0.2) is 4.39 Å². The van der Waals surface area contributed by atoms with Crippen molar-refractivity contribution in [3.63, 3.8) is 0 Å². The van der Waals surface area contributed by atoms with Crippen molar-refractivity contribution in [2.45, 2.75) is 6.36 Å². The van der Waals surface area contributed by atoms with Crippen molar-refractivity contribution in [3.8, 4) is 5.75 Å². The summed E-state index contributed by atoms with van der Waals surface area (Å²) in [6.07, 6.45) is -4.88. The summed E-state index contributed by atoms with van der Waals surface area (Å²) in [5.41, 5.74) is 0. The van der Waals surface area contributed by atoms with Crippen LogP contribution in [0.5, 0.6) is 5.75 Å². The Morgan fingerprint density at radius 3 is 2.36 bits per heavy atom. The lowest BCUT2D eigenvalue weighted by Gasteiger charge is -2.10. The molecule has 0 aliphatic heterocycles. The van der Waals surface area contributed by atoms with Gasteiger partial charge < -0.3 is 4.74 Å². The second kappa shape index (κ2) is 4.21. The lowest BCUT2D eigenvalue weighted by Crippen LogP contribution is -2.18. The molecule has 1 nitrogen and oxygen atoms in total. The number of hydrogen-bond acceptors (Lipinski definition) is 1. The Kier molecular flexibility index (Phi) is 3.62. The van der Waals surface area contributed by atoms with Crippen LogP contribution in [0.25, 0.3) is 0 Å². The van der Waals surface area contributed by atoms with E-state index < -0.39 is 17.9 Å². The SMILES string of the molecule is Fc1c(OC(F)(F)F)ccc(Br)c1I. The zero-order valence-electron chi connectivity index (χ0n) is 6.33. The highest BCUT2D eigenvalue weighted by molar-refractivity contribution is 14.1. The summed E-state index contributed by atoms with van der Waals surface area (Å²) in [4.78, 5) is 0. The van der Waals surface area contributed by atoms with Crippen molar-refractivity contribution in [2.24, 2.45) is 0 Å². The fourth-order valence-electron chi connectivity index (χ4n) is 0.712. The number of ether oxygens (including phenoxy) is 1. The molecular weight excluding hydrogens is 383 g/mol. The normalized spacial score (nSPS) is 11.6. The molecule has 1 aromatic rings. The summed E-state index contributed by atoms with van der Waals surface area (Å²) in [5.74, 6) is -1.86. The standard InChI is InChI=1S/C7H2BrF4IO/c8-3-1-2-4(5(9)6(3)13)14-7(10,11)12/h1-2H. The highest BCUT2D eigenvalue weighted by Gasteiger charge is 2.32. The van der Waals surface area contributed by atoms with Crippen molar-refractivity contribution in [3.05, 3.63) is 26.0 Å². The van der Waals surface area contributed by atoms with Crippen LogP contribution >= 0.6 is 38.5 Å². The van der Waals surface area contributed by atoms with Gasteiger partial charge in [-0.2, -0.15) is 0 Å². The van der Waals surface area contributed by atoms with Gasteiger partial charge in [-0.3, -0.25) is 0 Å². The lowest BCUT2D eigenvalue weighted by atomic mass is 10.3. The maximum atomic E-state index is 13.1. The molecule has 0 saturated heterocycles. The molecule has 0 radical (unpaired) electrons. The predicted molar refractivity (Wildman–Crippen MR) is 53.5 cm³/mol. The van der Waals surface area contributed by atoms with Gasteiger partial charge in [-0.1, -0.05) is 0 Å². The Bertz CT molecular complexity index is 352. The maximum absolute atomic E-state index is 13.1. The molecule has 0 unspecified atom stereocenters. The predicted octanol–water partition coefficient (Wildman–Crippen LogP) is 4.09. The summed E-state index contributed by atoms with van der Waals surface area (Å²) in [6, 6.07) is 2.20. The minimum atomic E-state index is -4.88. The van der Waals surface area contributed by atoms with E-state index in [4.69, 9.17) is 0 Å². The summed E-state index contributed by atoms with van der Waals surface area (Å²) < 4.78 is 52.3. The Hall–Kier alpha value is -0.0500. The van der Waals surface area contributed by atoms with Crippen LogP contribution < -0.4 is 4.74 Å². The molecule has 0 aliphatic rings. The van der Waals surface area contributed by atoms with Crippen LogP contribution in [0.2, 0.25) is 0 Å². The largest absolute Gasteiger partial charge is 0.573 e. The molecule has 0 heterocycles. The third kappa shape index (κ3) is 2.97. The molecule has 0 atom stereocenters. The van der Waals surface area contributed by atoms with Crippen LogP contribution in [-0.2, 0) is 0 Å². The smallest absolute Gasteiger partial charge is 0.403 e. The first-order chi connectivity index (χ1) is 6.31. The van der Waals surface area contributed by atoms with Crippen LogP contribution in [0, 0.1) is 9.39 Å². The molecule has 0 saturated carbocycles. The second-order valence-electron chi connectivity index (χ2n) is 2.22. The van der Waals surface area contributed by atoms with E-state index in [1.54, 1.807) is 22.6 Å². The molecular formula is C7H2BrF4IO. The van der Waals surface area contributed by atoms with Gasteiger partial charge in [0.05, 0.1) is 3.57 Å². The van der Waals surface area contributed by atoms with Gasteiger partial charge in [0.1, 0.15) is 0 Å². The molecule has 1 rings (SSSR count). The van der Waals surface area contributed by atoms with E-state index in [1.165, 1.54) is 6.07 Å². The zero-order valence-corrected chi connectivity index (χ0v) is 10.1. The van der Waals surface area contributed by atoms with E-state index in [2.05, 4.69) is 20.7 Å². The van der Waals surface area contributed by atoms with Gasteiger partial charge in [0.15, 0.2) is 11.6 Å². The van der Waals surface area contributed by atoms with Crippen molar-refractivity contribution in [2.75, 3.05) is 0 Å². The van der Waals surface area contributed by atoms with Gasteiger partial charge in [0.25, 0.3) is 0 Å². The minimum Gasteiger partial charge on any atom is -0.403 e. The molecule has 0 spiro atoms. The van der Waals surface area contributed by atoms with Crippen LogP contribution in [0.4, 0.5) is 17.6 Å². The molecule has 0 N–H and O–H groups in total. The lowest BCUT2D eigenvalue weighted by molar-refractivity contribution is -0.275. The average molecular weight is 385 g/mol. The number of alkyl halides is 3. The Morgan fingerprint density at radius 2 is 1.86 bits per heavy atom. The summed E-state index contributed by atoms with van der Waals surface area (Å²) in [6.45, 7) is 0. The molecule has 0 fully saturated rings. The molecule has 0 amide bonds. The average Bonchev–Trinajstić information content (AvgIpc) is 2.04. The Labute approximate surface area is 98.7 Å². The molecule has 7 heteroatoms. The van der Waals surface area contributed by atoms with Crippen molar-refractivity contribution in [1.29, 1.82) is 0 Å². The van der Waals surface area contributed by atoms with Crippen LogP contribution in [-0.4, -0.2) is 6.36 Å². The van der Waals surface area contributed by atoms with Crippen molar-refractivity contribution >= 4 is 38.5 Å². The maximum Gasteiger partial charge on any atom is 0.573 e. The second-order valence-corrected chi connectivity index (χ2v) is 4.15. The van der Waals surface area contributed by atoms with Crippen LogP contribution in [0.1, 0.15) is 0 Å². The number of hydrogen-bond donors (Lipinski definition) is 0. The zero-order chi connectivity index (χ0) is 10.9. The first-order valence-corrected chi connectivity index (χ1v) is 5.07. The fraction of sp³-hybridized carbons (Fsp3) is 0.143. The van der Waals surface area contributed by atoms with E-state index in [0.29, 0.717) is 4.47 Å². The minimum absolute atomic E-state index is 0.0457. The summed E-state index contributed by atoms with van der Waals surface area (Å²) >= 11 is 4.55. The van der Waals surface area contributed by atoms with Gasteiger partial charge >= 0.3 is 6.36 Å². The van der Waals surface area contributed by atoms with E-state index >= 15 is 0 Å².